The molecule has 0 saturated carbocycles. The number of aromatic carboxylic acids is 1. The third kappa shape index (κ3) is 2.04. The van der Waals surface area contributed by atoms with Gasteiger partial charge in [0.2, 0.25) is 0 Å². The van der Waals surface area contributed by atoms with Crippen LogP contribution < -0.4 is 4.87 Å². The fourth-order valence-electron chi connectivity index (χ4n) is 2.07. The maximum Gasteiger partial charge on any atom is 0.346 e. The van der Waals surface area contributed by atoms with Crippen molar-refractivity contribution in [3.8, 4) is 0 Å². The van der Waals surface area contributed by atoms with Gasteiger partial charge >= 0.3 is 10.8 Å². The van der Waals surface area contributed by atoms with Gasteiger partial charge in [0.1, 0.15) is 10.7 Å². The van der Waals surface area contributed by atoms with Gasteiger partial charge < -0.3 is 9.67 Å². The number of carbonyl (C=O) groups is 1. The third-order valence-corrected chi connectivity index (χ3v) is 4.81. The average molecular weight is 309 g/mol. The molecule has 0 amide bonds. The first kappa shape index (κ1) is 13.0. The number of hydrogen-bond acceptors (Lipinski definition) is 4. The number of hydrogen-bond donors (Lipinski definition) is 1. The van der Waals surface area contributed by atoms with E-state index in [1.807, 2.05) is 0 Å². The fraction of sp³-hybridized carbons (Fsp3) is 0.0769. The number of carboxylic acid groups (broad SMARTS) is 1. The van der Waals surface area contributed by atoms with Gasteiger partial charge in [-0.3, -0.25) is 4.79 Å². The molecular weight excluding hydrogens is 301 g/mol. The molecule has 0 aliphatic carbocycles. The van der Waals surface area contributed by atoms with Crippen LogP contribution in [0.15, 0.2) is 34.6 Å². The molecular formula is C13H8FNO3S2. The second-order valence-electron chi connectivity index (χ2n) is 4.12. The lowest BCUT2D eigenvalue weighted by atomic mass is 10.1. The van der Waals surface area contributed by atoms with E-state index in [-0.39, 0.29) is 21.7 Å². The maximum absolute atomic E-state index is 14.0. The van der Waals surface area contributed by atoms with Crippen molar-refractivity contribution < 1.29 is 14.3 Å². The lowest BCUT2D eigenvalue weighted by molar-refractivity contribution is 0.0701. The Morgan fingerprint density at radius 2 is 2.20 bits per heavy atom. The molecule has 3 rings (SSSR count). The van der Waals surface area contributed by atoms with Crippen molar-refractivity contribution >= 4 is 38.7 Å². The summed E-state index contributed by atoms with van der Waals surface area (Å²) in [4.78, 5) is 22.8. The van der Waals surface area contributed by atoms with Gasteiger partial charge in [-0.1, -0.05) is 17.4 Å². The van der Waals surface area contributed by atoms with Crippen LogP contribution in [0.2, 0.25) is 0 Å². The fourth-order valence-corrected chi connectivity index (χ4v) is 3.72. The molecule has 1 aromatic carbocycles. The SMILES string of the molecule is O=C(O)c1sc2cccc(F)c2c1Cn1ccsc1=O. The summed E-state index contributed by atoms with van der Waals surface area (Å²) in [6, 6.07) is 4.51. The first-order valence-electron chi connectivity index (χ1n) is 5.65. The Balaban J connectivity index is 2.26. The van der Waals surface area contributed by atoms with E-state index >= 15 is 0 Å². The zero-order valence-corrected chi connectivity index (χ0v) is 11.6. The Kier molecular flexibility index (Phi) is 3.15. The van der Waals surface area contributed by atoms with Crippen molar-refractivity contribution in [1.29, 1.82) is 0 Å². The Labute approximate surface area is 120 Å². The van der Waals surface area contributed by atoms with Crippen LogP contribution in [-0.4, -0.2) is 15.6 Å². The number of carboxylic acids is 1. The predicted molar refractivity (Wildman–Crippen MR) is 76.4 cm³/mol. The molecule has 0 radical (unpaired) electrons. The van der Waals surface area contributed by atoms with Crippen LogP contribution in [0.4, 0.5) is 4.39 Å². The van der Waals surface area contributed by atoms with E-state index in [0.717, 1.165) is 22.7 Å². The van der Waals surface area contributed by atoms with E-state index in [2.05, 4.69) is 0 Å². The first-order chi connectivity index (χ1) is 9.58. The first-order valence-corrected chi connectivity index (χ1v) is 7.34. The van der Waals surface area contributed by atoms with Gasteiger partial charge in [-0.25, -0.2) is 9.18 Å². The Morgan fingerprint density at radius 3 is 2.85 bits per heavy atom. The molecule has 0 aliphatic rings. The standard InChI is InChI=1S/C13H8FNO3S2/c14-8-2-1-3-9-10(8)7(11(20-9)12(16)17)6-15-4-5-19-13(15)18/h1-5H,6H2,(H,16,17). The number of fused-ring (bicyclic) bond motifs is 1. The molecule has 102 valence electrons. The summed E-state index contributed by atoms with van der Waals surface area (Å²) in [6.07, 6.45) is 1.57. The summed E-state index contributed by atoms with van der Waals surface area (Å²) in [6.45, 7) is 0.0604. The molecule has 1 N–H and O–H groups in total. The van der Waals surface area contributed by atoms with Crippen LogP contribution in [-0.2, 0) is 6.54 Å². The normalized spacial score (nSPS) is 11.1. The highest BCUT2D eigenvalue weighted by Crippen LogP contribution is 2.33. The van der Waals surface area contributed by atoms with E-state index in [1.54, 1.807) is 23.7 Å². The minimum atomic E-state index is -1.11. The van der Waals surface area contributed by atoms with Crippen LogP contribution in [0.25, 0.3) is 10.1 Å². The Hall–Kier alpha value is -1.99. The molecule has 0 unspecified atom stereocenters. The number of thiazole rings is 1. The zero-order chi connectivity index (χ0) is 14.3. The molecule has 7 heteroatoms. The molecule has 0 saturated heterocycles. The highest BCUT2D eigenvalue weighted by Gasteiger charge is 2.20. The van der Waals surface area contributed by atoms with E-state index in [0.29, 0.717) is 10.3 Å². The van der Waals surface area contributed by atoms with Gasteiger partial charge in [0, 0.05) is 27.2 Å². The maximum atomic E-state index is 14.0. The van der Waals surface area contributed by atoms with E-state index in [4.69, 9.17) is 0 Å². The molecule has 0 fully saturated rings. The van der Waals surface area contributed by atoms with Crippen molar-refractivity contribution in [3.05, 3.63) is 55.7 Å². The van der Waals surface area contributed by atoms with Crippen LogP contribution in [0.5, 0.6) is 0 Å². The van der Waals surface area contributed by atoms with Crippen LogP contribution in [0.3, 0.4) is 0 Å². The van der Waals surface area contributed by atoms with Gasteiger partial charge in [0.15, 0.2) is 0 Å². The second kappa shape index (κ2) is 4.84. The summed E-state index contributed by atoms with van der Waals surface area (Å²) < 4.78 is 15.9. The van der Waals surface area contributed by atoms with E-state index in [1.165, 1.54) is 10.6 Å². The predicted octanol–water partition coefficient (Wildman–Crippen LogP) is 3.01. The zero-order valence-electron chi connectivity index (χ0n) is 10.00. The lowest BCUT2D eigenvalue weighted by Gasteiger charge is -2.03. The van der Waals surface area contributed by atoms with Crippen molar-refractivity contribution in [3.63, 3.8) is 0 Å². The van der Waals surface area contributed by atoms with Crippen LogP contribution in [0, 0.1) is 5.82 Å². The van der Waals surface area contributed by atoms with Gasteiger partial charge in [0.05, 0.1) is 6.54 Å². The Bertz CT molecular complexity index is 862. The largest absolute Gasteiger partial charge is 0.477 e. The van der Waals surface area contributed by atoms with Crippen LogP contribution in [0.1, 0.15) is 15.2 Å². The summed E-state index contributed by atoms with van der Waals surface area (Å²) in [5.74, 6) is -1.58. The van der Waals surface area contributed by atoms with E-state index < -0.39 is 11.8 Å². The number of nitrogens with zero attached hydrogens (tertiary/aromatic N) is 1. The highest BCUT2D eigenvalue weighted by atomic mass is 32.1. The average Bonchev–Trinajstić information content (AvgIpc) is 2.96. The highest BCUT2D eigenvalue weighted by molar-refractivity contribution is 7.21. The van der Waals surface area contributed by atoms with E-state index in [9.17, 15) is 19.1 Å². The third-order valence-electron chi connectivity index (χ3n) is 2.93. The van der Waals surface area contributed by atoms with Crippen molar-refractivity contribution in [2.75, 3.05) is 0 Å². The van der Waals surface area contributed by atoms with Gasteiger partial charge in [-0.05, 0) is 12.1 Å². The van der Waals surface area contributed by atoms with Gasteiger partial charge in [-0.2, -0.15) is 0 Å². The van der Waals surface area contributed by atoms with Gasteiger partial charge in [-0.15, -0.1) is 11.3 Å². The smallest absolute Gasteiger partial charge is 0.346 e. The molecule has 0 bridgehead atoms. The molecule has 3 aromatic rings. The second-order valence-corrected chi connectivity index (χ2v) is 6.03. The minimum absolute atomic E-state index is 0.0604. The number of halogens is 1. The van der Waals surface area contributed by atoms with Crippen molar-refractivity contribution in [2.24, 2.45) is 0 Å². The van der Waals surface area contributed by atoms with Gasteiger partial charge in [0.25, 0.3) is 0 Å². The summed E-state index contributed by atoms with van der Waals surface area (Å²) in [5, 5.41) is 11.2. The number of benzene rings is 1. The number of thiophene rings is 1. The topological polar surface area (TPSA) is 59.3 Å². The lowest BCUT2D eigenvalue weighted by Crippen LogP contribution is -2.14. The number of rotatable bonds is 3. The summed E-state index contributed by atoms with van der Waals surface area (Å²) in [7, 11) is 0. The molecule has 0 aliphatic heterocycles. The molecule has 0 spiro atoms. The molecule has 2 aromatic heterocycles. The quantitative estimate of drug-likeness (QED) is 0.809. The summed E-state index contributed by atoms with van der Waals surface area (Å²) >= 11 is 2.04. The van der Waals surface area contributed by atoms with Crippen molar-refractivity contribution in [1.82, 2.24) is 4.57 Å². The monoisotopic (exact) mass is 309 g/mol. The minimum Gasteiger partial charge on any atom is -0.477 e. The molecule has 4 nitrogen and oxygen atoms in total. The number of aromatic nitrogens is 1. The van der Waals surface area contributed by atoms with Crippen LogP contribution >= 0.6 is 22.7 Å². The van der Waals surface area contributed by atoms with Crippen molar-refractivity contribution in [2.45, 2.75) is 6.54 Å². The summed E-state index contributed by atoms with van der Waals surface area (Å²) in [5.41, 5.74) is 0.344. The molecule has 20 heavy (non-hydrogen) atoms. The molecule has 0 atom stereocenters. The Morgan fingerprint density at radius 1 is 1.40 bits per heavy atom. The molecule has 2 heterocycles.